The van der Waals surface area contributed by atoms with Crippen LogP contribution >= 0.6 is 23.1 Å². The summed E-state index contributed by atoms with van der Waals surface area (Å²) in [4.78, 5) is 11.4. The normalized spacial score (nSPS) is 14.0. The molecule has 6 nitrogen and oxygen atoms in total. The number of thiazole rings is 1. The second-order valence-corrected chi connectivity index (χ2v) is 10.5. The van der Waals surface area contributed by atoms with Crippen molar-refractivity contribution in [3.63, 3.8) is 0 Å². The van der Waals surface area contributed by atoms with E-state index >= 15 is 0 Å². The minimum Gasteiger partial charge on any atom is -0.497 e. The number of nitrogens with one attached hydrogen (secondary N) is 2. The van der Waals surface area contributed by atoms with E-state index in [1.54, 1.807) is 42.5 Å². The highest BCUT2D eigenvalue weighted by atomic mass is 32.2. The van der Waals surface area contributed by atoms with E-state index in [0.29, 0.717) is 28.8 Å². The zero-order valence-corrected chi connectivity index (χ0v) is 21.7. The molecular weight excluding hydrogens is 495 g/mol. The van der Waals surface area contributed by atoms with E-state index in [4.69, 9.17) is 14.5 Å². The van der Waals surface area contributed by atoms with Crippen molar-refractivity contribution in [3.8, 4) is 17.2 Å². The standard InChI is InChI=1S/C27H27FN4O2S2/c1-17-12-19(28)6-7-24(17)34-25-14-22(36-21-5-3-4-20(13-21)33-2)15-30-26(25)32-27-31-23(16-35-27)18-8-10-29-11-9-18/h3-7,12-16,18,29H,8-11H2,1-2H3,(H,30,31,32). The molecule has 2 aromatic heterocycles. The van der Waals surface area contributed by atoms with E-state index < -0.39 is 0 Å². The number of aromatic nitrogens is 2. The highest BCUT2D eigenvalue weighted by Crippen LogP contribution is 2.38. The van der Waals surface area contributed by atoms with Crippen molar-refractivity contribution in [2.24, 2.45) is 0 Å². The third-order valence-electron chi connectivity index (χ3n) is 5.97. The van der Waals surface area contributed by atoms with Crippen molar-refractivity contribution >= 4 is 34.0 Å². The Hall–Kier alpha value is -3.14. The predicted octanol–water partition coefficient (Wildman–Crippen LogP) is 7.15. The minimum atomic E-state index is -0.299. The van der Waals surface area contributed by atoms with Crippen LogP contribution in [-0.2, 0) is 0 Å². The van der Waals surface area contributed by atoms with Gasteiger partial charge in [0.2, 0.25) is 0 Å². The summed E-state index contributed by atoms with van der Waals surface area (Å²) in [5.74, 6) is 2.63. The molecule has 186 valence electrons. The van der Waals surface area contributed by atoms with E-state index in [9.17, 15) is 4.39 Å². The van der Waals surface area contributed by atoms with Crippen molar-refractivity contribution in [1.29, 1.82) is 0 Å². The van der Waals surface area contributed by atoms with Gasteiger partial charge in [-0.05, 0) is 74.8 Å². The zero-order valence-electron chi connectivity index (χ0n) is 20.1. The number of halogens is 1. The van der Waals surface area contributed by atoms with Gasteiger partial charge >= 0.3 is 0 Å². The van der Waals surface area contributed by atoms with Crippen molar-refractivity contribution in [2.75, 3.05) is 25.5 Å². The molecule has 0 spiro atoms. The van der Waals surface area contributed by atoms with Gasteiger partial charge < -0.3 is 20.1 Å². The molecule has 1 saturated heterocycles. The van der Waals surface area contributed by atoms with Crippen LogP contribution in [0.15, 0.2) is 69.9 Å². The number of nitrogens with zero attached hydrogens (tertiary/aromatic N) is 2. The molecule has 9 heteroatoms. The summed E-state index contributed by atoms with van der Waals surface area (Å²) in [6, 6.07) is 14.3. The van der Waals surface area contributed by atoms with Crippen LogP contribution in [0.4, 0.5) is 15.3 Å². The lowest BCUT2D eigenvalue weighted by Gasteiger charge is -2.20. The quantitative estimate of drug-likeness (QED) is 0.255. The zero-order chi connectivity index (χ0) is 24.9. The third-order valence-corrected chi connectivity index (χ3v) is 7.69. The molecule has 5 rings (SSSR count). The van der Waals surface area contributed by atoms with Crippen LogP contribution in [0.2, 0.25) is 0 Å². The van der Waals surface area contributed by atoms with Crippen LogP contribution in [0, 0.1) is 12.7 Å². The molecule has 0 saturated carbocycles. The Bertz CT molecular complexity index is 1340. The number of pyridine rings is 1. The maximum absolute atomic E-state index is 13.7. The summed E-state index contributed by atoms with van der Waals surface area (Å²) in [6.45, 7) is 3.86. The average Bonchev–Trinajstić information content (AvgIpc) is 3.36. The molecule has 1 fully saturated rings. The molecule has 1 aliphatic rings. The summed E-state index contributed by atoms with van der Waals surface area (Å²) in [6.07, 6.45) is 3.99. The van der Waals surface area contributed by atoms with Gasteiger partial charge in [-0.1, -0.05) is 17.8 Å². The van der Waals surface area contributed by atoms with Crippen LogP contribution in [0.25, 0.3) is 0 Å². The van der Waals surface area contributed by atoms with Gasteiger partial charge in [0.05, 0.1) is 12.8 Å². The maximum atomic E-state index is 13.7. The Morgan fingerprint density at radius 3 is 2.75 bits per heavy atom. The van der Waals surface area contributed by atoms with Gasteiger partial charge in [0.1, 0.15) is 17.3 Å². The predicted molar refractivity (Wildman–Crippen MR) is 143 cm³/mol. The molecule has 0 aliphatic carbocycles. The Kier molecular flexibility index (Phi) is 7.69. The number of hydrogen-bond donors (Lipinski definition) is 2. The Labute approximate surface area is 218 Å². The van der Waals surface area contributed by atoms with E-state index in [1.165, 1.54) is 12.1 Å². The molecule has 0 amide bonds. The summed E-state index contributed by atoms with van der Waals surface area (Å²) >= 11 is 3.12. The molecule has 0 bridgehead atoms. The third kappa shape index (κ3) is 5.98. The summed E-state index contributed by atoms with van der Waals surface area (Å²) in [5, 5.41) is 9.63. The molecule has 0 unspecified atom stereocenters. The fourth-order valence-electron chi connectivity index (χ4n) is 4.05. The van der Waals surface area contributed by atoms with Crippen molar-refractivity contribution in [1.82, 2.24) is 15.3 Å². The number of benzene rings is 2. The fourth-order valence-corrected chi connectivity index (χ4v) is 5.71. The lowest BCUT2D eigenvalue weighted by atomic mass is 9.96. The molecule has 4 aromatic rings. The van der Waals surface area contributed by atoms with Crippen LogP contribution in [0.1, 0.15) is 30.0 Å². The molecule has 2 aromatic carbocycles. The number of hydrogen-bond acceptors (Lipinski definition) is 8. The Morgan fingerprint density at radius 2 is 1.94 bits per heavy atom. The number of aryl methyl sites for hydroxylation is 1. The lowest BCUT2D eigenvalue weighted by Crippen LogP contribution is -2.26. The van der Waals surface area contributed by atoms with E-state index in [-0.39, 0.29) is 5.82 Å². The molecule has 36 heavy (non-hydrogen) atoms. The number of piperidine rings is 1. The summed E-state index contributed by atoms with van der Waals surface area (Å²) in [7, 11) is 1.65. The van der Waals surface area contributed by atoms with E-state index in [1.807, 2.05) is 37.3 Å². The van der Waals surface area contributed by atoms with Gasteiger partial charge in [0.15, 0.2) is 16.7 Å². The second kappa shape index (κ2) is 11.3. The highest BCUT2D eigenvalue weighted by Gasteiger charge is 2.19. The van der Waals surface area contributed by atoms with Crippen molar-refractivity contribution in [3.05, 3.63) is 77.2 Å². The topological polar surface area (TPSA) is 68.3 Å². The van der Waals surface area contributed by atoms with E-state index in [2.05, 4.69) is 21.0 Å². The second-order valence-electron chi connectivity index (χ2n) is 8.54. The number of rotatable bonds is 8. The fraction of sp³-hybridized carbons (Fsp3) is 0.259. The molecule has 1 aliphatic heterocycles. The first-order valence-electron chi connectivity index (χ1n) is 11.8. The summed E-state index contributed by atoms with van der Waals surface area (Å²) in [5.41, 5.74) is 1.82. The molecule has 3 heterocycles. The monoisotopic (exact) mass is 522 g/mol. The van der Waals surface area contributed by atoms with Gasteiger partial charge in [-0.3, -0.25) is 0 Å². The van der Waals surface area contributed by atoms with Crippen LogP contribution in [-0.4, -0.2) is 30.2 Å². The van der Waals surface area contributed by atoms with Gasteiger partial charge in [0.25, 0.3) is 0 Å². The van der Waals surface area contributed by atoms with Crippen molar-refractivity contribution in [2.45, 2.75) is 35.5 Å². The molecule has 2 N–H and O–H groups in total. The Morgan fingerprint density at radius 1 is 1.08 bits per heavy atom. The first kappa shape index (κ1) is 24.5. The largest absolute Gasteiger partial charge is 0.497 e. The average molecular weight is 523 g/mol. The van der Waals surface area contributed by atoms with Gasteiger partial charge in [-0.25, -0.2) is 14.4 Å². The lowest BCUT2D eigenvalue weighted by molar-refractivity contribution is 0.413. The highest BCUT2D eigenvalue weighted by molar-refractivity contribution is 7.99. The first-order chi connectivity index (χ1) is 17.6. The minimum absolute atomic E-state index is 0.299. The Balaban J connectivity index is 1.42. The SMILES string of the molecule is COc1cccc(Sc2cnc(Nc3nc(C4CCNCC4)cs3)c(Oc3ccc(F)cc3C)c2)c1. The number of anilines is 2. The van der Waals surface area contributed by atoms with E-state index in [0.717, 1.165) is 52.3 Å². The van der Waals surface area contributed by atoms with Crippen molar-refractivity contribution < 1.29 is 13.9 Å². The van der Waals surface area contributed by atoms with Crippen LogP contribution in [0.5, 0.6) is 17.2 Å². The molecule has 0 radical (unpaired) electrons. The number of methoxy groups -OCH3 is 1. The first-order valence-corrected chi connectivity index (χ1v) is 13.5. The molecule has 0 atom stereocenters. The maximum Gasteiger partial charge on any atom is 0.188 e. The molecular formula is C27H27FN4O2S2. The van der Waals surface area contributed by atoms with Crippen LogP contribution < -0.4 is 20.1 Å². The smallest absolute Gasteiger partial charge is 0.188 e. The van der Waals surface area contributed by atoms with Crippen LogP contribution in [0.3, 0.4) is 0 Å². The van der Waals surface area contributed by atoms with Gasteiger partial charge in [-0.2, -0.15) is 0 Å². The summed E-state index contributed by atoms with van der Waals surface area (Å²) < 4.78 is 25.3. The van der Waals surface area contributed by atoms with Gasteiger partial charge in [-0.15, -0.1) is 11.3 Å². The number of ether oxygens (including phenoxy) is 2. The van der Waals surface area contributed by atoms with Gasteiger partial charge in [0, 0.05) is 33.4 Å².